The summed E-state index contributed by atoms with van der Waals surface area (Å²) in [5.41, 5.74) is 1.86. The van der Waals surface area contributed by atoms with Crippen LogP contribution in [0.1, 0.15) is 16.1 Å². The minimum atomic E-state index is -0.393. The number of anilines is 1. The number of amides is 1. The number of hydrogen-bond donors (Lipinski definition) is 5. The molecule has 0 bridgehead atoms. The Balaban J connectivity index is 0.000000745. The molecule has 22 heavy (non-hydrogen) atoms. The average Bonchev–Trinajstić information content (AvgIpc) is 2.93. The molecule has 2 aromatic rings. The summed E-state index contributed by atoms with van der Waals surface area (Å²) in [6, 6.07) is 1.88. The molecule has 0 aromatic carbocycles. The van der Waals surface area contributed by atoms with Crippen molar-refractivity contribution in [1.29, 1.82) is 0 Å². The van der Waals surface area contributed by atoms with Crippen molar-refractivity contribution in [1.82, 2.24) is 20.3 Å². The number of aromatic nitrogens is 3. The second-order valence-electron chi connectivity index (χ2n) is 4.14. The summed E-state index contributed by atoms with van der Waals surface area (Å²) in [5, 5.41) is 12.8. The van der Waals surface area contributed by atoms with Crippen molar-refractivity contribution in [2.45, 2.75) is 6.92 Å². The molecule has 0 radical (unpaired) electrons. The summed E-state index contributed by atoms with van der Waals surface area (Å²) in [6.45, 7) is 2.75. The van der Waals surface area contributed by atoms with E-state index in [0.717, 1.165) is 11.3 Å². The second-order valence-corrected chi connectivity index (χ2v) is 4.14. The van der Waals surface area contributed by atoms with Gasteiger partial charge in [-0.15, -0.1) is 0 Å². The third-order valence-electron chi connectivity index (χ3n) is 2.59. The van der Waals surface area contributed by atoms with Crippen molar-refractivity contribution >= 4 is 18.1 Å². The zero-order valence-electron chi connectivity index (χ0n) is 11.9. The first kappa shape index (κ1) is 17.0. The third-order valence-corrected chi connectivity index (χ3v) is 2.59. The molecular formula is C13H17N5O4. The molecule has 0 atom stereocenters. The van der Waals surface area contributed by atoms with Gasteiger partial charge in [0, 0.05) is 37.4 Å². The molecule has 9 heteroatoms. The topological polar surface area (TPSA) is 140 Å². The lowest BCUT2D eigenvalue weighted by molar-refractivity contribution is -0.122. The van der Waals surface area contributed by atoms with Crippen molar-refractivity contribution < 1.29 is 14.7 Å². The number of nitrogens with one attached hydrogen (secondary N) is 4. The van der Waals surface area contributed by atoms with Crippen LogP contribution in [0.25, 0.3) is 0 Å². The molecule has 0 fully saturated rings. The highest BCUT2D eigenvalue weighted by atomic mass is 16.3. The van der Waals surface area contributed by atoms with Gasteiger partial charge in [0.05, 0.1) is 0 Å². The van der Waals surface area contributed by atoms with Crippen molar-refractivity contribution in [3.05, 3.63) is 46.4 Å². The maximum atomic E-state index is 11.6. The molecule has 2 heterocycles. The fourth-order valence-corrected chi connectivity index (χ4v) is 1.59. The van der Waals surface area contributed by atoms with Gasteiger partial charge in [-0.25, -0.2) is 4.79 Å². The van der Waals surface area contributed by atoms with Crippen LogP contribution in [0.15, 0.2) is 29.5 Å². The van der Waals surface area contributed by atoms with Crippen LogP contribution in [0.5, 0.6) is 0 Å². The van der Waals surface area contributed by atoms with E-state index in [-0.39, 0.29) is 18.1 Å². The van der Waals surface area contributed by atoms with Gasteiger partial charge in [0.1, 0.15) is 5.69 Å². The van der Waals surface area contributed by atoms with Crippen LogP contribution >= 0.6 is 0 Å². The lowest BCUT2D eigenvalue weighted by atomic mass is 10.2. The van der Waals surface area contributed by atoms with Crippen LogP contribution in [0.4, 0.5) is 5.69 Å². The highest BCUT2D eigenvalue weighted by molar-refractivity contribution is 5.91. The summed E-state index contributed by atoms with van der Waals surface area (Å²) in [6.07, 6.45) is 4.82. The molecule has 9 nitrogen and oxygen atoms in total. The Kier molecular flexibility index (Phi) is 6.90. The quantitative estimate of drug-likeness (QED) is 0.387. The van der Waals surface area contributed by atoms with E-state index in [4.69, 9.17) is 9.90 Å². The molecule has 0 aliphatic heterocycles. The Hall–Kier alpha value is -3.10. The molecule has 1 amide bonds. The van der Waals surface area contributed by atoms with E-state index >= 15 is 0 Å². The van der Waals surface area contributed by atoms with E-state index in [9.17, 15) is 9.59 Å². The molecule has 0 aliphatic rings. The molecular weight excluding hydrogens is 290 g/mol. The number of imidazole rings is 1. The van der Waals surface area contributed by atoms with Crippen LogP contribution < -0.4 is 16.3 Å². The molecule has 2 rings (SSSR count). The second kappa shape index (κ2) is 8.95. The van der Waals surface area contributed by atoms with Gasteiger partial charge in [0.2, 0.25) is 0 Å². The number of carbonyl (C=O) groups excluding carboxylic acids is 1. The Morgan fingerprint density at radius 3 is 2.77 bits per heavy atom. The smallest absolute Gasteiger partial charge is 0.323 e. The number of carbonyl (C=O) groups is 2. The van der Waals surface area contributed by atoms with Gasteiger partial charge in [-0.2, -0.15) is 0 Å². The van der Waals surface area contributed by atoms with Gasteiger partial charge in [0.15, 0.2) is 0 Å². The highest BCUT2D eigenvalue weighted by Gasteiger charge is 2.06. The van der Waals surface area contributed by atoms with Crippen molar-refractivity contribution in [2.75, 3.05) is 18.4 Å². The summed E-state index contributed by atoms with van der Waals surface area (Å²) < 4.78 is 0. The van der Waals surface area contributed by atoms with Gasteiger partial charge in [-0.3, -0.25) is 14.6 Å². The van der Waals surface area contributed by atoms with Crippen molar-refractivity contribution in [2.24, 2.45) is 0 Å². The highest BCUT2D eigenvalue weighted by Crippen LogP contribution is 2.10. The Morgan fingerprint density at radius 2 is 2.18 bits per heavy atom. The minimum absolute atomic E-state index is 0.227. The molecule has 118 valence electrons. The van der Waals surface area contributed by atoms with Crippen LogP contribution in [-0.4, -0.2) is 45.5 Å². The van der Waals surface area contributed by atoms with Crippen LogP contribution in [-0.2, 0) is 4.79 Å². The number of hydrogen-bond acceptors (Lipinski definition) is 5. The zero-order valence-corrected chi connectivity index (χ0v) is 11.9. The van der Waals surface area contributed by atoms with E-state index in [1.165, 1.54) is 6.20 Å². The van der Waals surface area contributed by atoms with E-state index in [2.05, 4.69) is 25.6 Å². The normalized spacial score (nSPS) is 9.32. The third kappa shape index (κ3) is 5.49. The standard InChI is InChI=1S/C12H15N5O2.CH2O2/c1-8-6-13-3-2-9(8)14-4-5-15-11(18)10-7-16-12(19)17-10;2-1-3/h2-3,6-7H,4-5H2,1H3,(H,13,14)(H,15,18)(H2,16,17,19);1H,(H,2,3). The predicted molar refractivity (Wildman–Crippen MR) is 79.9 cm³/mol. The Bertz CT molecular complexity index is 664. The van der Waals surface area contributed by atoms with E-state index < -0.39 is 5.69 Å². The lowest BCUT2D eigenvalue weighted by Gasteiger charge is -2.09. The van der Waals surface area contributed by atoms with Gasteiger partial charge in [0.25, 0.3) is 12.4 Å². The summed E-state index contributed by atoms with van der Waals surface area (Å²) >= 11 is 0. The van der Waals surface area contributed by atoms with Crippen molar-refractivity contribution in [3.63, 3.8) is 0 Å². The SMILES string of the molecule is Cc1cnccc1NCCNC(=O)c1c[nH]c(=O)[nH]1.O=CO. The maximum Gasteiger partial charge on any atom is 0.323 e. The molecule has 0 aliphatic carbocycles. The van der Waals surface area contributed by atoms with Crippen LogP contribution in [0, 0.1) is 6.92 Å². The molecule has 0 unspecified atom stereocenters. The lowest BCUT2D eigenvalue weighted by Crippen LogP contribution is -2.29. The van der Waals surface area contributed by atoms with E-state index in [0.29, 0.717) is 13.1 Å². The maximum absolute atomic E-state index is 11.6. The molecule has 2 aromatic heterocycles. The predicted octanol–water partition coefficient (Wildman–Crippen LogP) is -0.0509. The van der Waals surface area contributed by atoms with E-state index in [1.807, 2.05) is 13.0 Å². The zero-order chi connectivity index (χ0) is 16.4. The van der Waals surface area contributed by atoms with Crippen LogP contribution in [0.3, 0.4) is 0 Å². The minimum Gasteiger partial charge on any atom is -0.483 e. The first-order chi connectivity index (χ1) is 10.6. The van der Waals surface area contributed by atoms with Gasteiger partial charge in [-0.05, 0) is 18.6 Å². The first-order valence-electron chi connectivity index (χ1n) is 6.36. The number of aromatic amines is 2. The first-order valence-corrected chi connectivity index (χ1v) is 6.36. The number of pyridine rings is 1. The van der Waals surface area contributed by atoms with Crippen molar-refractivity contribution in [3.8, 4) is 0 Å². The fourth-order valence-electron chi connectivity index (χ4n) is 1.59. The number of rotatable bonds is 5. The van der Waals surface area contributed by atoms with Gasteiger partial charge in [-0.1, -0.05) is 0 Å². The van der Waals surface area contributed by atoms with Gasteiger partial charge < -0.3 is 25.7 Å². The summed E-state index contributed by atoms with van der Waals surface area (Å²) in [7, 11) is 0. The number of nitrogens with zero attached hydrogens (tertiary/aromatic N) is 1. The largest absolute Gasteiger partial charge is 0.483 e. The number of aryl methyl sites for hydroxylation is 1. The molecule has 0 spiro atoms. The molecule has 5 N–H and O–H groups in total. The molecule has 0 saturated carbocycles. The monoisotopic (exact) mass is 307 g/mol. The Labute approximate surface area is 125 Å². The van der Waals surface area contributed by atoms with Gasteiger partial charge >= 0.3 is 5.69 Å². The fraction of sp³-hybridized carbons (Fsp3) is 0.231. The Morgan fingerprint density at radius 1 is 1.45 bits per heavy atom. The molecule has 0 saturated heterocycles. The number of H-pyrrole nitrogens is 2. The average molecular weight is 307 g/mol. The summed E-state index contributed by atoms with van der Waals surface area (Å²) in [4.78, 5) is 39.6. The number of carboxylic acid groups (broad SMARTS) is 1. The van der Waals surface area contributed by atoms with E-state index in [1.54, 1.807) is 12.4 Å². The van der Waals surface area contributed by atoms with Crippen LogP contribution in [0.2, 0.25) is 0 Å². The summed E-state index contributed by atoms with van der Waals surface area (Å²) in [5.74, 6) is -0.313.